The Balaban J connectivity index is 1.70. The van der Waals surface area contributed by atoms with Crippen molar-refractivity contribution in [2.45, 2.75) is 12.8 Å². The van der Waals surface area contributed by atoms with Gasteiger partial charge in [0.15, 0.2) is 0 Å². The summed E-state index contributed by atoms with van der Waals surface area (Å²) in [6.45, 7) is 1.93. The molecular weight excluding hydrogens is 323 g/mol. The molecule has 0 spiro atoms. The second-order valence-electron chi connectivity index (χ2n) is 5.05. The Kier molecular flexibility index (Phi) is 4.45. The highest BCUT2D eigenvalue weighted by Crippen LogP contribution is 2.25. The molecule has 1 amide bonds. The predicted octanol–water partition coefficient (Wildman–Crippen LogP) is 3.64. The molecular formula is C15H14Cl2N4O. The number of benzene rings is 1. The minimum atomic E-state index is -0.286. The maximum Gasteiger partial charge on any atom is 0.258 e. The van der Waals surface area contributed by atoms with E-state index in [9.17, 15) is 4.79 Å². The number of nitrogens with zero attached hydrogens (tertiary/aromatic N) is 3. The molecule has 0 atom stereocenters. The van der Waals surface area contributed by atoms with Crippen molar-refractivity contribution >= 4 is 40.7 Å². The fourth-order valence-electron chi connectivity index (χ4n) is 2.30. The molecule has 0 bridgehead atoms. The smallest absolute Gasteiger partial charge is 0.258 e. The van der Waals surface area contributed by atoms with Crippen molar-refractivity contribution in [1.82, 2.24) is 9.97 Å². The van der Waals surface area contributed by atoms with E-state index in [0.717, 1.165) is 25.9 Å². The zero-order chi connectivity index (χ0) is 15.5. The van der Waals surface area contributed by atoms with Gasteiger partial charge >= 0.3 is 0 Å². The predicted molar refractivity (Wildman–Crippen MR) is 87.9 cm³/mol. The third-order valence-corrected chi connectivity index (χ3v) is 4.21. The lowest BCUT2D eigenvalue weighted by molar-refractivity contribution is 0.102. The van der Waals surface area contributed by atoms with Gasteiger partial charge in [-0.05, 0) is 31.0 Å². The second kappa shape index (κ2) is 6.50. The summed E-state index contributed by atoms with van der Waals surface area (Å²) in [4.78, 5) is 22.8. The van der Waals surface area contributed by atoms with Crippen molar-refractivity contribution in [2.24, 2.45) is 0 Å². The Bertz CT molecular complexity index is 684. The van der Waals surface area contributed by atoms with Crippen molar-refractivity contribution in [2.75, 3.05) is 23.3 Å². The van der Waals surface area contributed by atoms with Crippen LogP contribution in [-0.2, 0) is 0 Å². The van der Waals surface area contributed by atoms with Crippen LogP contribution < -0.4 is 10.2 Å². The average molecular weight is 337 g/mol. The topological polar surface area (TPSA) is 58.1 Å². The van der Waals surface area contributed by atoms with E-state index in [1.165, 1.54) is 12.4 Å². The normalized spacial score (nSPS) is 14.2. The number of rotatable bonds is 3. The number of carbonyl (C=O) groups excluding carboxylic acids is 1. The van der Waals surface area contributed by atoms with Crippen molar-refractivity contribution in [3.8, 4) is 0 Å². The monoisotopic (exact) mass is 336 g/mol. The van der Waals surface area contributed by atoms with Crippen LogP contribution >= 0.6 is 23.2 Å². The summed E-state index contributed by atoms with van der Waals surface area (Å²) in [5.74, 6) is 0.384. The first-order valence-corrected chi connectivity index (χ1v) is 7.72. The average Bonchev–Trinajstić information content (AvgIpc) is 3.05. The Morgan fingerprint density at radius 2 is 1.77 bits per heavy atom. The lowest BCUT2D eigenvalue weighted by Gasteiger charge is -2.14. The molecule has 2 aromatic rings. The molecule has 1 aliphatic rings. The van der Waals surface area contributed by atoms with Crippen molar-refractivity contribution in [1.29, 1.82) is 0 Å². The lowest BCUT2D eigenvalue weighted by atomic mass is 10.3. The molecule has 1 aromatic carbocycles. The third kappa shape index (κ3) is 3.31. The standard InChI is InChI=1S/C15H14Cl2N4O/c16-12-4-3-11(7-13(12)17)20-14(22)10-8-18-15(19-9-10)21-5-1-2-6-21/h3-4,7-9H,1-2,5-6H2,(H,20,22). The Morgan fingerprint density at radius 3 is 2.41 bits per heavy atom. The number of halogens is 2. The van der Waals surface area contributed by atoms with E-state index in [1.54, 1.807) is 18.2 Å². The maximum absolute atomic E-state index is 12.2. The highest BCUT2D eigenvalue weighted by atomic mass is 35.5. The first-order valence-electron chi connectivity index (χ1n) is 6.97. The van der Waals surface area contributed by atoms with Gasteiger partial charge in [-0.1, -0.05) is 23.2 Å². The van der Waals surface area contributed by atoms with Gasteiger partial charge in [0.2, 0.25) is 5.95 Å². The van der Waals surface area contributed by atoms with Crippen LogP contribution in [0.5, 0.6) is 0 Å². The zero-order valence-corrected chi connectivity index (χ0v) is 13.2. The molecule has 1 saturated heterocycles. The van der Waals surface area contributed by atoms with E-state index < -0.39 is 0 Å². The van der Waals surface area contributed by atoms with E-state index in [2.05, 4.69) is 20.2 Å². The largest absolute Gasteiger partial charge is 0.341 e. The molecule has 22 heavy (non-hydrogen) atoms. The molecule has 1 fully saturated rings. The van der Waals surface area contributed by atoms with E-state index in [0.29, 0.717) is 27.2 Å². The molecule has 0 unspecified atom stereocenters. The summed E-state index contributed by atoms with van der Waals surface area (Å²) in [5, 5.41) is 3.57. The van der Waals surface area contributed by atoms with Crippen LogP contribution in [0, 0.1) is 0 Å². The summed E-state index contributed by atoms with van der Waals surface area (Å²) in [5.41, 5.74) is 0.969. The van der Waals surface area contributed by atoms with Crippen LogP contribution in [-0.4, -0.2) is 29.0 Å². The summed E-state index contributed by atoms with van der Waals surface area (Å²) in [6, 6.07) is 4.92. The van der Waals surface area contributed by atoms with Gasteiger partial charge in [-0.15, -0.1) is 0 Å². The summed E-state index contributed by atoms with van der Waals surface area (Å²) < 4.78 is 0. The fourth-order valence-corrected chi connectivity index (χ4v) is 2.59. The molecule has 1 aromatic heterocycles. The van der Waals surface area contributed by atoms with Gasteiger partial charge in [-0.2, -0.15) is 0 Å². The minimum Gasteiger partial charge on any atom is -0.341 e. The van der Waals surface area contributed by atoms with Crippen molar-refractivity contribution < 1.29 is 4.79 Å². The van der Waals surface area contributed by atoms with Gasteiger partial charge in [-0.25, -0.2) is 9.97 Å². The quantitative estimate of drug-likeness (QED) is 0.929. The summed E-state index contributed by atoms with van der Waals surface area (Å²) in [6.07, 6.45) is 5.38. The number of nitrogens with one attached hydrogen (secondary N) is 1. The Hall–Kier alpha value is -1.85. The summed E-state index contributed by atoms with van der Waals surface area (Å²) in [7, 11) is 0. The first-order chi connectivity index (χ1) is 10.6. The molecule has 114 valence electrons. The number of amides is 1. The number of hydrogen-bond acceptors (Lipinski definition) is 4. The molecule has 0 radical (unpaired) electrons. The fraction of sp³-hybridized carbons (Fsp3) is 0.267. The molecule has 7 heteroatoms. The van der Waals surface area contributed by atoms with Crippen molar-refractivity contribution in [3.63, 3.8) is 0 Å². The van der Waals surface area contributed by atoms with E-state index in [-0.39, 0.29) is 5.91 Å². The molecule has 1 aliphatic heterocycles. The van der Waals surface area contributed by atoms with E-state index in [4.69, 9.17) is 23.2 Å². The SMILES string of the molecule is O=C(Nc1ccc(Cl)c(Cl)c1)c1cnc(N2CCCC2)nc1. The lowest BCUT2D eigenvalue weighted by Crippen LogP contribution is -2.21. The number of carbonyl (C=O) groups is 1. The van der Waals surface area contributed by atoms with Gasteiger partial charge in [0.25, 0.3) is 5.91 Å². The Labute approximate surface area is 138 Å². The third-order valence-electron chi connectivity index (χ3n) is 3.47. The van der Waals surface area contributed by atoms with Crippen molar-refractivity contribution in [3.05, 3.63) is 46.2 Å². The van der Waals surface area contributed by atoms with Crippen LogP contribution in [0.1, 0.15) is 23.2 Å². The Morgan fingerprint density at radius 1 is 1.09 bits per heavy atom. The second-order valence-corrected chi connectivity index (χ2v) is 5.86. The number of anilines is 2. The molecule has 3 rings (SSSR count). The van der Waals surface area contributed by atoms with Crippen LogP contribution in [0.4, 0.5) is 11.6 Å². The van der Waals surface area contributed by atoms with Gasteiger partial charge in [0.05, 0.1) is 15.6 Å². The van der Waals surface area contributed by atoms with Crippen LogP contribution in [0.25, 0.3) is 0 Å². The minimum absolute atomic E-state index is 0.286. The number of aromatic nitrogens is 2. The molecule has 0 aliphatic carbocycles. The van der Waals surface area contributed by atoms with Crippen LogP contribution in [0.3, 0.4) is 0 Å². The van der Waals surface area contributed by atoms with Crippen LogP contribution in [0.2, 0.25) is 10.0 Å². The van der Waals surface area contributed by atoms with Gasteiger partial charge < -0.3 is 10.2 Å². The molecule has 5 nitrogen and oxygen atoms in total. The summed E-state index contributed by atoms with van der Waals surface area (Å²) >= 11 is 11.8. The zero-order valence-electron chi connectivity index (χ0n) is 11.7. The number of hydrogen-bond donors (Lipinski definition) is 1. The van der Waals surface area contributed by atoms with Gasteiger partial charge in [0, 0.05) is 31.2 Å². The van der Waals surface area contributed by atoms with E-state index >= 15 is 0 Å². The molecule has 0 saturated carbocycles. The molecule has 2 heterocycles. The maximum atomic E-state index is 12.2. The van der Waals surface area contributed by atoms with Crippen LogP contribution in [0.15, 0.2) is 30.6 Å². The van der Waals surface area contributed by atoms with E-state index in [1.807, 2.05) is 0 Å². The molecule has 1 N–H and O–H groups in total. The highest BCUT2D eigenvalue weighted by molar-refractivity contribution is 6.42. The van der Waals surface area contributed by atoms with Gasteiger partial charge in [-0.3, -0.25) is 4.79 Å². The highest BCUT2D eigenvalue weighted by Gasteiger charge is 2.15. The first kappa shape index (κ1) is 15.1. The van der Waals surface area contributed by atoms with Gasteiger partial charge in [0.1, 0.15) is 0 Å².